The molecule has 0 aliphatic rings. The monoisotopic (exact) mass is 275 g/mol. The Morgan fingerprint density at radius 3 is 2.20 bits per heavy atom. The van der Waals surface area contributed by atoms with Crippen LogP contribution in [0.4, 0.5) is 11.9 Å². The lowest BCUT2D eigenvalue weighted by Crippen LogP contribution is -2.25. The smallest absolute Gasteiger partial charge is 0.257 e. The number of hydrogen-bond donors (Lipinski definition) is 1. The van der Waals surface area contributed by atoms with E-state index >= 15 is 0 Å². The van der Waals surface area contributed by atoms with E-state index in [2.05, 4.69) is 33.9 Å². The van der Waals surface area contributed by atoms with Crippen LogP contribution in [0.2, 0.25) is 0 Å². The standard InChI is InChI=1S/C13H21N7/c1-6-19(7-2)12-15-11(14)16-13(17-12)20-10(5)8(3)9(4)18-20/h6-7H2,1-5H3,(H2,14,15,16,17). The Kier molecular flexibility index (Phi) is 3.87. The predicted octanol–water partition coefficient (Wildman–Crippen LogP) is 1.41. The quantitative estimate of drug-likeness (QED) is 0.908. The second kappa shape index (κ2) is 5.44. The van der Waals surface area contributed by atoms with E-state index in [4.69, 9.17) is 5.73 Å². The molecule has 0 unspecified atom stereocenters. The van der Waals surface area contributed by atoms with Crippen molar-refractivity contribution in [1.82, 2.24) is 24.7 Å². The van der Waals surface area contributed by atoms with Gasteiger partial charge in [-0.1, -0.05) is 0 Å². The molecule has 2 rings (SSSR count). The molecule has 0 atom stereocenters. The third-order valence-electron chi connectivity index (χ3n) is 3.52. The summed E-state index contributed by atoms with van der Waals surface area (Å²) >= 11 is 0. The molecule has 7 nitrogen and oxygen atoms in total. The van der Waals surface area contributed by atoms with E-state index in [9.17, 15) is 0 Å². The SMILES string of the molecule is CCN(CC)c1nc(N)nc(-n2nc(C)c(C)c2C)n1. The summed E-state index contributed by atoms with van der Waals surface area (Å²) in [6.07, 6.45) is 0. The van der Waals surface area contributed by atoms with Crippen LogP contribution in [-0.2, 0) is 0 Å². The van der Waals surface area contributed by atoms with Crippen molar-refractivity contribution in [3.63, 3.8) is 0 Å². The Morgan fingerprint density at radius 1 is 1.05 bits per heavy atom. The summed E-state index contributed by atoms with van der Waals surface area (Å²) in [6, 6.07) is 0. The lowest BCUT2D eigenvalue weighted by molar-refractivity contribution is 0.745. The maximum Gasteiger partial charge on any atom is 0.257 e. The Morgan fingerprint density at radius 2 is 1.70 bits per heavy atom. The van der Waals surface area contributed by atoms with Crippen LogP contribution in [0.25, 0.3) is 5.95 Å². The van der Waals surface area contributed by atoms with Crippen LogP contribution in [0.3, 0.4) is 0 Å². The molecule has 2 aromatic rings. The van der Waals surface area contributed by atoms with Crippen LogP contribution in [0, 0.1) is 20.8 Å². The summed E-state index contributed by atoms with van der Waals surface area (Å²) in [7, 11) is 0. The maximum atomic E-state index is 5.81. The summed E-state index contributed by atoms with van der Waals surface area (Å²) in [4.78, 5) is 14.9. The minimum absolute atomic E-state index is 0.210. The molecule has 0 radical (unpaired) electrons. The van der Waals surface area contributed by atoms with Crippen molar-refractivity contribution in [3.05, 3.63) is 17.0 Å². The molecule has 0 spiro atoms. The molecular formula is C13H21N7. The minimum atomic E-state index is 0.210. The lowest BCUT2D eigenvalue weighted by atomic mass is 10.2. The Bertz CT molecular complexity index is 613. The maximum absolute atomic E-state index is 5.81. The number of nitrogens with two attached hydrogens (primary N) is 1. The normalized spacial score (nSPS) is 10.8. The van der Waals surface area contributed by atoms with Gasteiger partial charge in [0.25, 0.3) is 5.95 Å². The molecule has 2 heterocycles. The van der Waals surface area contributed by atoms with Crippen LogP contribution in [0.5, 0.6) is 0 Å². The third kappa shape index (κ3) is 2.43. The molecule has 0 saturated carbocycles. The number of rotatable bonds is 4. The van der Waals surface area contributed by atoms with E-state index in [1.165, 1.54) is 0 Å². The molecule has 0 amide bonds. The van der Waals surface area contributed by atoms with E-state index < -0.39 is 0 Å². The van der Waals surface area contributed by atoms with Crippen LogP contribution in [0.15, 0.2) is 0 Å². The molecular weight excluding hydrogens is 254 g/mol. The van der Waals surface area contributed by atoms with E-state index in [1.54, 1.807) is 4.68 Å². The van der Waals surface area contributed by atoms with Gasteiger partial charge < -0.3 is 10.6 Å². The zero-order chi connectivity index (χ0) is 14.9. The molecule has 2 N–H and O–H groups in total. The highest BCUT2D eigenvalue weighted by Gasteiger charge is 2.15. The molecule has 20 heavy (non-hydrogen) atoms. The van der Waals surface area contributed by atoms with Gasteiger partial charge in [-0.25, -0.2) is 4.68 Å². The van der Waals surface area contributed by atoms with Gasteiger partial charge in [0.05, 0.1) is 5.69 Å². The topological polar surface area (TPSA) is 85.8 Å². The number of nitrogens with zero attached hydrogens (tertiary/aromatic N) is 6. The highest BCUT2D eigenvalue weighted by molar-refractivity contribution is 5.39. The summed E-state index contributed by atoms with van der Waals surface area (Å²) in [5.41, 5.74) is 8.92. The summed E-state index contributed by atoms with van der Waals surface area (Å²) in [5, 5.41) is 4.46. The lowest BCUT2D eigenvalue weighted by Gasteiger charge is -2.18. The minimum Gasteiger partial charge on any atom is -0.368 e. The van der Waals surface area contributed by atoms with Crippen LogP contribution >= 0.6 is 0 Å². The molecule has 108 valence electrons. The molecule has 0 aliphatic heterocycles. The summed E-state index contributed by atoms with van der Waals surface area (Å²) in [5.74, 6) is 1.26. The van der Waals surface area contributed by atoms with Crippen molar-refractivity contribution in [1.29, 1.82) is 0 Å². The molecule has 7 heteroatoms. The van der Waals surface area contributed by atoms with Gasteiger partial charge in [0.1, 0.15) is 0 Å². The van der Waals surface area contributed by atoms with Gasteiger partial charge in [0, 0.05) is 18.8 Å². The number of nitrogen functional groups attached to an aromatic ring is 1. The fraction of sp³-hybridized carbons (Fsp3) is 0.538. The van der Waals surface area contributed by atoms with E-state index in [0.717, 1.165) is 30.0 Å². The predicted molar refractivity (Wildman–Crippen MR) is 79.1 cm³/mol. The van der Waals surface area contributed by atoms with Crippen molar-refractivity contribution >= 4 is 11.9 Å². The molecule has 0 aliphatic carbocycles. The zero-order valence-corrected chi connectivity index (χ0v) is 12.7. The van der Waals surface area contributed by atoms with E-state index in [-0.39, 0.29) is 5.95 Å². The molecule has 0 aromatic carbocycles. The van der Waals surface area contributed by atoms with Gasteiger partial charge >= 0.3 is 0 Å². The van der Waals surface area contributed by atoms with Gasteiger partial charge in [0.2, 0.25) is 11.9 Å². The third-order valence-corrected chi connectivity index (χ3v) is 3.52. The van der Waals surface area contributed by atoms with Crippen molar-refractivity contribution in [3.8, 4) is 5.95 Å². The second-order valence-electron chi connectivity index (χ2n) is 4.67. The van der Waals surface area contributed by atoms with Crippen LogP contribution < -0.4 is 10.6 Å². The van der Waals surface area contributed by atoms with Gasteiger partial charge in [-0.2, -0.15) is 20.1 Å². The number of aromatic nitrogens is 5. The fourth-order valence-corrected chi connectivity index (χ4v) is 2.03. The van der Waals surface area contributed by atoms with E-state index in [1.807, 2.05) is 25.7 Å². The van der Waals surface area contributed by atoms with Gasteiger partial charge in [-0.3, -0.25) is 0 Å². The molecule has 0 fully saturated rings. The molecule has 0 saturated heterocycles. The van der Waals surface area contributed by atoms with Crippen molar-refractivity contribution < 1.29 is 0 Å². The van der Waals surface area contributed by atoms with Gasteiger partial charge in [0.15, 0.2) is 0 Å². The Labute approximate surface area is 118 Å². The van der Waals surface area contributed by atoms with Crippen LogP contribution in [-0.4, -0.2) is 37.8 Å². The summed E-state index contributed by atoms with van der Waals surface area (Å²) in [6.45, 7) is 11.7. The number of hydrogen-bond acceptors (Lipinski definition) is 6. The highest BCUT2D eigenvalue weighted by Crippen LogP contribution is 2.16. The molecule has 2 aromatic heterocycles. The van der Waals surface area contributed by atoms with Crippen molar-refractivity contribution in [2.75, 3.05) is 23.7 Å². The average molecular weight is 275 g/mol. The number of aryl methyl sites for hydroxylation is 1. The second-order valence-corrected chi connectivity index (χ2v) is 4.67. The first-order chi connectivity index (χ1) is 9.47. The van der Waals surface area contributed by atoms with E-state index in [0.29, 0.717) is 11.9 Å². The first-order valence-corrected chi connectivity index (χ1v) is 6.77. The first kappa shape index (κ1) is 14.2. The average Bonchev–Trinajstić information content (AvgIpc) is 2.67. The van der Waals surface area contributed by atoms with Gasteiger partial charge in [-0.05, 0) is 40.2 Å². The van der Waals surface area contributed by atoms with Crippen molar-refractivity contribution in [2.24, 2.45) is 0 Å². The van der Waals surface area contributed by atoms with Crippen molar-refractivity contribution in [2.45, 2.75) is 34.6 Å². The fourth-order valence-electron chi connectivity index (χ4n) is 2.03. The molecule has 0 bridgehead atoms. The highest BCUT2D eigenvalue weighted by atomic mass is 15.4. The largest absolute Gasteiger partial charge is 0.368 e. The summed E-state index contributed by atoms with van der Waals surface area (Å²) < 4.78 is 1.72. The Balaban J connectivity index is 2.54. The number of anilines is 2. The Hall–Kier alpha value is -2.18. The van der Waals surface area contributed by atoms with Crippen LogP contribution in [0.1, 0.15) is 30.8 Å². The first-order valence-electron chi connectivity index (χ1n) is 6.77. The van der Waals surface area contributed by atoms with Gasteiger partial charge in [-0.15, -0.1) is 0 Å². The zero-order valence-electron chi connectivity index (χ0n) is 12.7.